The maximum atomic E-state index is 13.4. The molecule has 0 unspecified atom stereocenters. The van der Waals surface area contributed by atoms with Crippen molar-refractivity contribution in [1.29, 1.82) is 0 Å². The van der Waals surface area contributed by atoms with Gasteiger partial charge in [-0.15, -0.1) is 0 Å². The van der Waals surface area contributed by atoms with Crippen LogP contribution in [-0.2, 0) is 7.05 Å². The first kappa shape index (κ1) is 17.5. The number of methoxy groups -OCH3 is 3. The minimum Gasteiger partial charge on any atom is -0.496 e. The first-order chi connectivity index (χ1) is 14.1. The third-order valence-corrected chi connectivity index (χ3v) is 5.47. The Labute approximate surface area is 165 Å². The van der Waals surface area contributed by atoms with Crippen LogP contribution in [0.5, 0.6) is 28.7 Å². The zero-order valence-electron chi connectivity index (χ0n) is 16.5. The molecule has 0 bridgehead atoms. The number of aryl methyl sites for hydroxylation is 1. The summed E-state index contributed by atoms with van der Waals surface area (Å²) in [6.45, 7) is 0.171. The summed E-state index contributed by atoms with van der Waals surface area (Å²) in [6, 6.07) is 9.40. The van der Waals surface area contributed by atoms with E-state index in [2.05, 4.69) is 0 Å². The summed E-state index contributed by atoms with van der Waals surface area (Å²) in [4.78, 5) is 13.4. The minimum absolute atomic E-state index is 0.171. The fourth-order valence-electron chi connectivity index (χ4n) is 4.13. The van der Waals surface area contributed by atoms with Crippen molar-refractivity contribution in [1.82, 2.24) is 4.57 Å². The zero-order valence-corrected chi connectivity index (χ0v) is 16.5. The lowest BCUT2D eigenvalue weighted by Crippen LogP contribution is -2.18. The molecule has 0 amide bonds. The van der Waals surface area contributed by atoms with Crippen LogP contribution < -0.4 is 29.2 Å². The lowest BCUT2D eigenvalue weighted by Gasteiger charge is -2.17. The molecule has 0 saturated heterocycles. The second-order valence-corrected chi connectivity index (χ2v) is 6.81. The minimum atomic E-state index is -0.174. The van der Waals surface area contributed by atoms with Gasteiger partial charge in [0.15, 0.2) is 23.0 Å². The third kappa shape index (κ3) is 2.27. The Morgan fingerprint density at radius 2 is 1.48 bits per heavy atom. The number of aromatic nitrogens is 1. The van der Waals surface area contributed by atoms with Crippen molar-refractivity contribution >= 4 is 32.4 Å². The van der Waals surface area contributed by atoms with E-state index in [1.54, 1.807) is 31.9 Å². The smallest absolute Gasteiger partial charge is 0.262 e. The Hall–Kier alpha value is -3.61. The Bertz CT molecular complexity index is 1370. The van der Waals surface area contributed by atoms with Crippen LogP contribution in [0.15, 0.2) is 35.1 Å². The molecule has 2 heterocycles. The van der Waals surface area contributed by atoms with E-state index >= 15 is 0 Å². The molecule has 1 aliphatic rings. The fraction of sp³-hybridized carbons (Fsp3) is 0.227. The molecule has 1 aliphatic heterocycles. The van der Waals surface area contributed by atoms with E-state index in [-0.39, 0.29) is 12.4 Å². The van der Waals surface area contributed by atoms with E-state index in [1.165, 1.54) is 7.11 Å². The average Bonchev–Trinajstić information content (AvgIpc) is 3.21. The van der Waals surface area contributed by atoms with Gasteiger partial charge in [0.05, 0.1) is 32.2 Å². The van der Waals surface area contributed by atoms with Crippen molar-refractivity contribution in [2.24, 2.45) is 7.05 Å². The molecule has 0 saturated carbocycles. The normalized spacial score (nSPS) is 12.7. The van der Waals surface area contributed by atoms with Crippen molar-refractivity contribution < 1.29 is 23.7 Å². The van der Waals surface area contributed by atoms with Crippen LogP contribution in [0.4, 0.5) is 0 Å². The lowest BCUT2D eigenvalue weighted by atomic mass is 9.99. The molecule has 0 fully saturated rings. The maximum absolute atomic E-state index is 13.4. The SMILES string of the molecule is COc1ccc2c(c1OC)c(=O)n(C)c1c3cc4c(cc3c(OC)cc21)OCO4. The van der Waals surface area contributed by atoms with Gasteiger partial charge in [0, 0.05) is 28.6 Å². The largest absolute Gasteiger partial charge is 0.496 e. The second-order valence-electron chi connectivity index (χ2n) is 6.81. The van der Waals surface area contributed by atoms with E-state index in [0.717, 1.165) is 27.1 Å². The molecule has 3 aromatic carbocycles. The zero-order chi connectivity index (χ0) is 20.3. The van der Waals surface area contributed by atoms with Crippen molar-refractivity contribution in [3.63, 3.8) is 0 Å². The van der Waals surface area contributed by atoms with Crippen LogP contribution in [-0.4, -0.2) is 32.7 Å². The molecule has 4 aromatic rings. The summed E-state index contributed by atoms with van der Waals surface area (Å²) in [7, 11) is 6.45. The number of nitrogens with zero attached hydrogens (tertiary/aromatic N) is 1. The maximum Gasteiger partial charge on any atom is 0.262 e. The van der Waals surface area contributed by atoms with Crippen molar-refractivity contribution in [2.75, 3.05) is 28.1 Å². The third-order valence-electron chi connectivity index (χ3n) is 5.47. The van der Waals surface area contributed by atoms with Gasteiger partial charge in [0.2, 0.25) is 6.79 Å². The van der Waals surface area contributed by atoms with Gasteiger partial charge in [0.1, 0.15) is 5.75 Å². The highest BCUT2D eigenvalue weighted by atomic mass is 16.7. The first-order valence-corrected chi connectivity index (χ1v) is 9.06. The highest BCUT2D eigenvalue weighted by Gasteiger charge is 2.22. The number of rotatable bonds is 3. The van der Waals surface area contributed by atoms with Gasteiger partial charge in [-0.25, -0.2) is 0 Å². The van der Waals surface area contributed by atoms with Crippen LogP contribution in [0.1, 0.15) is 0 Å². The van der Waals surface area contributed by atoms with E-state index in [0.29, 0.717) is 34.1 Å². The van der Waals surface area contributed by atoms with Crippen LogP contribution >= 0.6 is 0 Å². The quantitative estimate of drug-likeness (QED) is 0.496. The molecule has 0 atom stereocenters. The van der Waals surface area contributed by atoms with Gasteiger partial charge in [-0.3, -0.25) is 4.79 Å². The molecular weight excluding hydrogens is 374 g/mol. The number of hydrogen-bond acceptors (Lipinski definition) is 6. The summed E-state index contributed by atoms with van der Waals surface area (Å²) in [6.07, 6.45) is 0. The number of ether oxygens (including phenoxy) is 5. The predicted molar refractivity (Wildman–Crippen MR) is 110 cm³/mol. The Morgan fingerprint density at radius 3 is 2.14 bits per heavy atom. The second kappa shape index (κ2) is 6.20. The van der Waals surface area contributed by atoms with Gasteiger partial charge in [-0.2, -0.15) is 0 Å². The Balaban J connectivity index is 2.05. The van der Waals surface area contributed by atoms with Gasteiger partial charge >= 0.3 is 0 Å². The van der Waals surface area contributed by atoms with Gasteiger partial charge < -0.3 is 28.3 Å². The molecule has 0 aliphatic carbocycles. The number of fused-ring (bicyclic) bond motifs is 6. The summed E-state index contributed by atoms with van der Waals surface area (Å²) in [5.74, 6) is 2.91. The summed E-state index contributed by atoms with van der Waals surface area (Å²) in [5.41, 5.74) is 0.608. The topological polar surface area (TPSA) is 68.2 Å². The van der Waals surface area contributed by atoms with Crippen molar-refractivity contribution in [3.8, 4) is 28.7 Å². The standard InChI is InChI=1S/C22H19NO6/c1-23-20-13(11-5-6-15(25-2)21(27-4)19(11)22(23)24)8-16(26-3)12-7-17-18(9-14(12)20)29-10-28-17/h5-9H,10H2,1-4H3. The number of hydrogen-bond donors (Lipinski definition) is 0. The molecule has 7 heteroatoms. The molecule has 7 nitrogen and oxygen atoms in total. The summed E-state index contributed by atoms with van der Waals surface area (Å²) < 4.78 is 29.3. The van der Waals surface area contributed by atoms with Gasteiger partial charge in [0.25, 0.3) is 5.56 Å². The summed E-state index contributed by atoms with van der Waals surface area (Å²) >= 11 is 0. The molecule has 148 valence electrons. The van der Waals surface area contributed by atoms with Crippen molar-refractivity contribution in [3.05, 3.63) is 40.7 Å². The first-order valence-electron chi connectivity index (χ1n) is 9.06. The molecule has 0 N–H and O–H groups in total. The summed E-state index contributed by atoms with van der Waals surface area (Å²) in [5, 5.41) is 3.79. The van der Waals surface area contributed by atoms with E-state index in [4.69, 9.17) is 23.7 Å². The molecule has 0 spiro atoms. The van der Waals surface area contributed by atoms with Crippen LogP contribution in [0.25, 0.3) is 32.4 Å². The molecular formula is C22H19NO6. The molecule has 0 radical (unpaired) electrons. The fourth-order valence-corrected chi connectivity index (χ4v) is 4.13. The van der Waals surface area contributed by atoms with Gasteiger partial charge in [-0.05, 0) is 30.3 Å². The number of pyridine rings is 1. The lowest BCUT2D eigenvalue weighted by molar-refractivity contribution is 0.174. The van der Waals surface area contributed by atoms with E-state index in [9.17, 15) is 4.79 Å². The number of benzene rings is 3. The highest BCUT2D eigenvalue weighted by molar-refractivity contribution is 6.18. The molecule has 5 rings (SSSR count). The monoisotopic (exact) mass is 393 g/mol. The highest BCUT2D eigenvalue weighted by Crippen LogP contribution is 2.44. The van der Waals surface area contributed by atoms with Crippen LogP contribution in [0, 0.1) is 0 Å². The Kier molecular flexibility index (Phi) is 3.74. The van der Waals surface area contributed by atoms with Gasteiger partial charge in [-0.1, -0.05) is 0 Å². The van der Waals surface area contributed by atoms with Crippen molar-refractivity contribution in [2.45, 2.75) is 0 Å². The molecule has 29 heavy (non-hydrogen) atoms. The van der Waals surface area contributed by atoms with E-state index in [1.807, 2.05) is 24.3 Å². The van der Waals surface area contributed by atoms with Crippen LogP contribution in [0.2, 0.25) is 0 Å². The average molecular weight is 393 g/mol. The van der Waals surface area contributed by atoms with E-state index < -0.39 is 0 Å². The Morgan fingerprint density at radius 1 is 0.828 bits per heavy atom. The van der Waals surface area contributed by atoms with Crippen LogP contribution in [0.3, 0.4) is 0 Å². The molecule has 1 aromatic heterocycles. The predicted octanol–water partition coefficient (Wildman–Crippen LogP) is 3.60.